The Bertz CT molecular complexity index is 378. The van der Waals surface area contributed by atoms with Crippen molar-refractivity contribution < 1.29 is 4.79 Å². The molecule has 1 saturated heterocycles. The Kier molecular flexibility index (Phi) is 3.30. The van der Waals surface area contributed by atoms with Gasteiger partial charge in [0, 0.05) is 25.2 Å². The second-order valence-electron chi connectivity index (χ2n) is 4.50. The molecule has 2 unspecified atom stereocenters. The normalized spacial score (nSPS) is 25.8. The number of rotatable bonds is 1. The van der Waals surface area contributed by atoms with Crippen LogP contribution in [0.25, 0.3) is 0 Å². The Morgan fingerprint density at radius 2 is 2.06 bits per heavy atom. The van der Waals surface area contributed by atoms with Crippen LogP contribution < -0.4 is 5.32 Å². The number of nitrogens with zero attached hydrogens (tertiary/aromatic N) is 1. The van der Waals surface area contributed by atoms with Gasteiger partial charge in [0.25, 0.3) is 5.91 Å². The number of carbonyl (C=O) groups excluding carboxylic acids is 1. The van der Waals surface area contributed by atoms with E-state index in [-0.39, 0.29) is 18.0 Å². The molecule has 1 amide bonds. The maximum absolute atomic E-state index is 12.4. The molecule has 1 fully saturated rings. The predicted molar refractivity (Wildman–Crippen MR) is 67.0 cm³/mol. The maximum Gasteiger partial charge on any atom is 0.264 e. The molecule has 0 spiro atoms. The van der Waals surface area contributed by atoms with Crippen molar-refractivity contribution in [3.05, 3.63) is 21.9 Å². The van der Waals surface area contributed by atoms with Crippen molar-refractivity contribution in [2.45, 2.75) is 32.9 Å². The molecule has 1 aromatic heterocycles. The monoisotopic (exact) mass is 238 g/mol. The number of thiophene rings is 1. The zero-order valence-electron chi connectivity index (χ0n) is 9.99. The van der Waals surface area contributed by atoms with E-state index >= 15 is 0 Å². The van der Waals surface area contributed by atoms with Crippen LogP contribution in [0.2, 0.25) is 0 Å². The van der Waals surface area contributed by atoms with Crippen molar-refractivity contribution in [1.29, 1.82) is 0 Å². The lowest BCUT2D eigenvalue weighted by Crippen LogP contribution is -2.57. The molecule has 1 aromatic rings. The summed E-state index contributed by atoms with van der Waals surface area (Å²) in [6, 6.07) is 2.56. The second kappa shape index (κ2) is 4.55. The highest BCUT2D eigenvalue weighted by atomic mass is 32.1. The first-order valence-electron chi connectivity index (χ1n) is 5.68. The molecule has 0 bridgehead atoms. The number of nitrogens with one attached hydrogen (secondary N) is 1. The first-order valence-corrected chi connectivity index (χ1v) is 6.56. The van der Waals surface area contributed by atoms with Gasteiger partial charge in [-0.1, -0.05) is 0 Å². The minimum atomic E-state index is 0.189. The topological polar surface area (TPSA) is 32.3 Å². The van der Waals surface area contributed by atoms with Crippen molar-refractivity contribution in [2.75, 3.05) is 13.1 Å². The van der Waals surface area contributed by atoms with Gasteiger partial charge in [-0.05, 0) is 37.8 Å². The Morgan fingerprint density at radius 3 is 2.56 bits per heavy atom. The van der Waals surface area contributed by atoms with E-state index in [1.54, 1.807) is 11.3 Å². The fraction of sp³-hybridized carbons (Fsp3) is 0.583. The largest absolute Gasteiger partial charge is 0.330 e. The van der Waals surface area contributed by atoms with Gasteiger partial charge < -0.3 is 10.2 Å². The first-order chi connectivity index (χ1) is 7.61. The van der Waals surface area contributed by atoms with E-state index < -0.39 is 0 Å². The highest BCUT2D eigenvalue weighted by molar-refractivity contribution is 7.12. The molecule has 0 aromatic carbocycles. The third-order valence-electron chi connectivity index (χ3n) is 3.12. The summed E-state index contributed by atoms with van der Waals surface area (Å²) in [5.74, 6) is 0.189. The molecular formula is C12H18N2OS. The molecule has 1 aliphatic heterocycles. The van der Waals surface area contributed by atoms with Crippen LogP contribution in [0.15, 0.2) is 11.4 Å². The average Bonchev–Trinajstić information content (AvgIpc) is 2.64. The number of amides is 1. The highest BCUT2D eigenvalue weighted by Gasteiger charge is 2.30. The SMILES string of the molecule is Cc1ccsc1C(=O)N1C(C)CNCC1C. The van der Waals surface area contributed by atoms with Crippen LogP contribution in [0.5, 0.6) is 0 Å². The van der Waals surface area contributed by atoms with E-state index in [1.165, 1.54) is 0 Å². The summed E-state index contributed by atoms with van der Waals surface area (Å²) < 4.78 is 0. The number of hydrogen-bond donors (Lipinski definition) is 1. The Labute approximate surface area is 100 Å². The van der Waals surface area contributed by atoms with Crippen molar-refractivity contribution >= 4 is 17.2 Å². The molecule has 0 radical (unpaired) electrons. The van der Waals surface area contributed by atoms with E-state index in [1.807, 2.05) is 23.3 Å². The third-order valence-corrected chi connectivity index (χ3v) is 4.12. The van der Waals surface area contributed by atoms with Crippen LogP contribution in [0.4, 0.5) is 0 Å². The van der Waals surface area contributed by atoms with Gasteiger partial charge in [0.1, 0.15) is 0 Å². The molecule has 0 saturated carbocycles. The van der Waals surface area contributed by atoms with E-state index in [9.17, 15) is 4.79 Å². The minimum absolute atomic E-state index is 0.189. The number of piperazine rings is 1. The predicted octanol–water partition coefficient (Wildman–Crippen LogP) is 1.88. The quantitative estimate of drug-likeness (QED) is 0.810. The zero-order chi connectivity index (χ0) is 11.7. The molecule has 4 heteroatoms. The lowest BCUT2D eigenvalue weighted by Gasteiger charge is -2.39. The molecule has 16 heavy (non-hydrogen) atoms. The lowest BCUT2D eigenvalue weighted by molar-refractivity contribution is 0.0549. The molecule has 88 valence electrons. The number of aryl methyl sites for hydroxylation is 1. The van der Waals surface area contributed by atoms with Gasteiger partial charge in [-0.25, -0.2) is 0 Å². The average molecular weight is 238 g/mol. The van der Waals surface area contributed by atoms with Crippen LogP contribution in [0, 0.1) is 6.92 Å². The summed E-state index contributed by atoms with van der Waals surface area (Å²) in [7, 11) is 0. The Morgan fingerprint density at radius 1 is 1.44 bits per heavy atom. The van der Waals surface area contributed by atoms with Gasteiger partial charge >= 0.3 is 0 Å². The molecule has 1 N–H and O–H groups in total. The molecule has 2 rings (SSSR count). The Hall–Kier alpha value is -0.870. The highest BCUT2D eigenvalue weighted by Crippen LogP contribution is 2.21. The van der Waals surface area contributed by atoms with Gasteiger partial charge in [0.2, 0.25) is 0 Å². The summed E-state index contributed by atoms with van der Waals surface area (Å²) in [6.07, 6.45) is 0. The van der Waals surface area contributed by atoms with Crippen LogP contribution in [-0.4, -0.2) is 36.0 Å². The molecule has 2 heterocycles. The van der Waals surface area contributed by atoms with Crippen molar-refractivity contribution in [1.82, 2.24) is 10.2 Å². The van der Waals surface area contributed by atoms with Gasteiger partial charge in [-0.2, -0.15) is 0 Å². The van der Waals surface area contributed by atoms with Gasteiger partial charge in [0.15, 0.2) is 0 Å². The van der Waals surface area contributed by atoms with Crippen molar-refractivity contribution in [3.8, 4) is 0 Å². The molecule has 3 nitrogen and oxygen atoms in total. The van der Waals surface area contributed by atoms with Crippen LogP contribution in [-0.2, 0) is 0 Å². The lowest BCUT2D eigenvalue weighted by atomic mass is 10.1. The smallest absolute Gasteiger partial charge is 0.264 e. The van der Waals surface area contributed by atoms with Crippen molar-refractivity contribution in [2.24, 2.45) is 0 Å². The van der Waals surface area contributed by atoms with E-state index in [0.29, 0.717) is 0 Å². The number of hydrogen-bond acceptors (Lipinski definition) is 3. The fourth-order valence-electron chi connectivity index (χ4n) is 2.24. The maximum atomic E-state index is 12.4. The van der Waals surface area contributed by atoms with E-state index in [0.717, 1.165) is 23.5 Å². The molecule has 2 atom stereocenters. The summed E-state index contributed by atoms with van der Waals surface area (Å²) in [5, 5.41) is 5.32. The minimum Gasteiger partial charge on any atom is -0.330 e. The fourth-order valence-corrected chi connectivity index (χ4v) is 3.11. The summed E-state index contributed by atoms with van der Waals surface area (Å²) >= 11 is 1.54. The number of carbonyl (C=O) groups is 1. The van der Waals surface area contributed by atoms with Crippen molar-refractivity contribution in [3.63, 3.8) is 0 Å². The van der Waals surface area contributed by atoms with Crippen LogP contribution >= 0.6 is 11.3 Å². The van der Waals surface area contributed by atoms with Gasteiger partial charge in [-0.15, -0.1) is 11.3 Å². The first kappa shape index (κ1) is 11.6. The summed E-state index contributed by atoms with van der Waals surface area (Å²) in [5.41, 5.74) is 1.09. The summed E-state index contributed by atoms with van der Waals surface area (Å²) in [4.78, 5) is 15.3. The van der Waals surface area contributed by atoms with E-state index in [2.05, 4.69) is 19.2 Å². The molecule has 0 aliphatic carbocycles. The van der Waals surface area contributed by atoms with Crippen LogP contribution in [0.1, 0.15) is 29.1 Å². The van der Waals surface area contributed by atoms with Gasteiger partial charge in [-0.3, -0.25) is 4.79 Å². The van der Waals surface area contributed by atoms with Gasteiger partial charge in [0.05, 0.1) is 4.88 Å². The third kappa shape index (κ3) is 1.99. The molecule has 1 aliphatic rings. The molecular weight excluding hydrogens is 220 g/mol. The van der Waals surface area contributed by atoms with Crippen LogP contribution in [0.3, 0.4) is 0 Å². The Balaban J connectivity index is 2.23. The second-order valence-corrected chi connectivity index (χ2v) is 5.42. The standard InChI is InChI=1S/C12H18N2OS/c1-8-4-5-16-11(8)12(15)14-9(2)6-13-7-10(14)3/h4-5,9-10,13H,6-7H2,1-3H3. The summed E-state index contributed by atoms with van der Waals surface area (Å²) in [6.45, 7) is 7.98. The van der Waals surface area contributed by atoms with E-state index in [4.69, 9.17) is 0 Å². The zero-order valence-corrected chi connectivity index (χ0v) is 10.8.